The van der Waals surface area contributed by atoms with Crippen molar-refractivity contribution >= 4 is 58.3 Å². The van der Waals surface area contributed by atoms with Crippen LogP contribution >= 0.6 is 23.1 Å². The molecule has 1 aromatic heterocycles. The third-order valence-corrected chi connectivity index (χ3v) is 7.39. The van der Waals surface area contributed by atoms with Crippen molar-refractivity contribution in [3.8, 4) is 0 Å². The summed E-state index contributed by atoms with van der Waals surface area (Å²) in [5.41, 5.74) is 3.79. The molecule has 4 aromatic rings. The number of para-hydroxylation sites is 1. The number of rotatable bonds is 9. The molecular weight excluding hydrogens is 514 g/mol. The summed E-state index contributed by atoms with van der Waals surface area (Å²) in [7, 11) is 0. The molecule has 0 aliphatic rings. The Hall–Kier alpha value is -4.14. The summed E-state index contributed by atoms with van der Waals surface area (Å²) in [5, 5.41) is 12.0. The van der Waals surface area contributed by atoms with E-state index in [2.05, 4.69) is 16.0 Å². The summed E-state index contributed by atoms with van der Waals surface area (Å²) >= 11 is 2.93. The first-order valence-electron chi connectivity index (χ1n) is 11.9. The molecule has 3 aromatic carbocycles. The van der Waals surface area contributed by atoms with Gasteiger partial charge in [-0.2, -0.15) is 11.3 Å². The Morgan fingerprint density at radius 3 is 2.26 bits per heavy atom. The molecule has 0 fully saturated rings. The molecule has 0 saturated carbocycles. The van der Waals surface area contributed by atoms with Gasteiger partial charge in [0, 0.05) is 21.8 Å². The molecule has 0 radical (unpaired) electrons. The van der Waals surface area contributed by atoms with Crippen LogP contribution in [0, 0.1) is 6.92 Å². The summed E-state index contributed by atoms with van der Waals surface area (Å²) in [5.74, 6) is -0.891. The maximum Gasteiger partial charge on any atom is 0.272 e. The molecule has 0 bridgehead atoms. The largest absolute Gasteiger partial charge is 0.325 e. The minimum absolute atomic E-state index is 0.0842. The minimum Gasteiger partial charge on any atom is -0.325 e. The van der Waals surface area contributed by atoms with Crippen LogP contribution in [0.25, 0.3) is 6.08 Å². The second kappa shape index (κ2) is 12.9. The van der Waals surface area contributed by atoms with E-state index in [1.807, 2.05) is 73.1 Å². The van der Waals surface area contributed by atoms with Crippen LogP contribution in [0.1, 0.15) is 28.4 Å². The Morgan fingerprint density at radius 1 is 0.868 bits per heavy atom. The molecule has 0 aliphatic carbocycles. The molecule has 0 aliphatic heterocycles. The van der Waals surface area contributed by atoms with Gasteiger partial charge in [-0.15, -0.1) is 11.8 Å². The van der Waals surface area contributed by atoms with Crippen molar-refractivity contribution in [3.63, 3.8) is 0 Å². The highest BCUT2D eigenvalue weighted by molar-refractivity contribution is 8.00. The highest BCUT2D eigenvalue weighted by Gasteiger charge is 2.17. The second-order valence-electron chi connectivity index (χ2n) is 8.48. The molecule has 6 nitrogen and oxygen atoms in total. The number of benzene rings is 3. The van der Waals surface area contributed by atoms with Gasteiger partial charge in [0.15, 0.2) is 0 Å². The summed E-state index contributed by atoms with van der Waals surface area (Å²) in [6, 6.07) is 25.5. The number of carbonyl (C=O) groups excluding carboxylic acids is 3. The maximum atomic E-state index is 13.1. The smallest absolute Gasteiger partial charge is 0.272 e. The van der Waals surface area contributed by atoms with Gasteiger partial charge in [0.1, 0.15) is 5.70 Å². The van der Waals surface area contributed by atoms with Crippen LogP contribution in [0.3, 0.4) is 0 Å². The average molecular weight is 542 g/mol. The number of aryl methyl sites for hydroxylation is 1. The standard InChI is InChI=1S/C30H27N3O3S2/c1-20-8-6-7-11-26(20)32-28(34)21(2)38-25-14-12-24(13-15-25)31-30(36)27(18-22-16-17-37-19-22)33-29(35)23-9-4-3-5-10-23/h3-19,21H,1-2H3,(H,31,36)(H,32,34)(H,33,35)/b27-18-. The maximum absolute atomic E-state index is 13.1. The van der Waals surface area contributed by atoms with Gasteiger partial charge < -0.3 is 16.0 Å². The minimum atomic E-state index is -0.438. The molecule has 0 saturated heterocycles. The van der Waals surface area contributed by atoms with E-state index in [1.54, 1.807) is 42.5 Å². The zero-order valence-electron chi connectivity index (χ0n) is 20.9. The van der Waals surface area contributed by atoms with E-state index in [4.69, 9.17) is 0 Å². The van der Waals surface area contributed by atoms with E-state index in [0.29, 0.717) is 11.3 Å². The molecule has 8 heteroatoms. The van der Waals surface area contributed by atoms with Crippen molar-refractivity contribution in [1.29, 1.82) is 0 Å². The Labute approximate surface area is 230 Å². The number of hydrogen-bond donors (Lipinski definition) is 3. The van der Waals surface area contributed by atoms with Gasteiger partial charge >= 0.3 is 0 Å². The van der Waals surface area contributed by atoms with Crippen LogP contribution in [-0.2, 0) is 9.59 Å². The number of hydrogen-bond acceptors (Lipinski definition) is 5. The third kappa shape index (κ3) is 7.44. The molecule has 0 spiro atoms. The van der Waals surface area contributed by atoms with E-state index in [-0.39, 0.29) is 22.8 Å². The van der Waals surface area contributed by atoms with Crippen LogP contribution in [0.4, 0.5) is 11.4 Å². The van der Waals surface area contributed by atoms with Crippen LogP contribution in [0.2, 0.25) is 0 Å². The molecule has 38 heavy (non-hydrogen) atoms. The zero-order chi connectivity index (χ0) is 26.9. The van der Waals surface area contributed by atoms with Crippen molar-refractivity contribution in [1.82, 2.24) is 5.32 Å². The van der Waals surface area contributed by atoms with Crippen molar-refractivity contribution in [2.75, 3.05) is 10.6 Å². The second-order valence-corrected chi connectivity index (χ2v) is 10.7. The lowest BCUT2D eigenvalue weighted by atomic mass is 10.2. The SMILES string of the molecule is Cc1ccccc1NC(=O)C(C)Sc1ccc(NC(=O)/C(=C/c2ccsc2)NC(=O)c2ccccc2)cc1. The van der Waals surface area contributed by atoms with Gasteiger partial charge in [-0.3, -0.25) is 14.4 Å². The normalized spacial score (nSPS) is 11.9. The topological polar surface area (TPSA) is 87.3 Å². The Morgan fingerprint density at radius 2 is 1.58 bits per heavy atom. The van der Waals surface area contributed by atoms with Gasteiger partial charge in [0.2, 0.25) is 5.91 Å². The molecule has 3 amide bonds. The van der Waals surface area contributed by atoms with Crippen molar-refractivity contribution in [2.24, 2.45) is 0 Å². The Bertz CT molecular complexity index is 1430. The number of carbonyl (C=O) groups is 3. The van der Waals surface area contributed by atoms with Crippen LogP contribution in [0.5, 0.6) is 0 Å². The third-order valence-electron chi connectivity index (χ3n) is 5.58. The number of nitrogens with one attached hydrogen (secondary N) is 3. The van der Waals surface area contributed by atoms with Crippen LogP contribution in [0.15, 0.2) is 106 Å². The lowest BCUT2D eigenvalue weighted by Crippen LogP contribution is -2.30. The quantitative estimate of drug-likeness (QED) is 0.165. The first kappa shape index (κ1) is 26.9. The first-order valence-corrected chi connectivity index (χ1v) is 13.8. The van der Waals surface area contributed by atoms with Gasteiger partial charge in [-0.25, -0.2) is 0 Å². The summed E-state index contributed by atoms with van der Waals surface area (Å²) in [6.45, 7) is 3.80. The van der Waals surface area contributed by atoms with Crippen molar-refractivity contribution in [3.05, 3.63) is 118 Å². The van der Waals surface area contributed by atoms with Gasteiger partial charge in [-0.1, -0.05) is 36.4 Å². The average Bonchev–Trinajstić information content (AvgIpc) is 3.44. The fraction of sp³-hybridized carbons (Fsp3) is 0.100. The molecular formula is C30H27N3O3S2. The monoisotopic (exact) mass is 541 g/mol. The Kier molecular flexibility index (Phi) is 9.13. The summed E-state index contributed by atoms with van der Waals surface area (Å²) < 4.78 is 0. The molecule has 192 valence electrons. The summed E-state index contributed by atoms with van der Waals surface area (Å²) in [4.78, 5) is 39.4. The van der Waals surface area contributed by atoms with Crippen molar-refractivity contribution in [2.45, 2.75) is 24.0 Å². The van der Waals surface area contributed by atoms with E-state index in [0.717, 1.165) is 21.7 Å². The zero-order valence-corrected chi connectivity index (χ0v) is 22.6. The number of anilines is 2. The molecule has 1 heterocycles. The highest BCUT2D eigenvalue weighted by atomic mass is 32.2. The lowest BCUT2D eigenvalue weighted by molar-refractivity contribution is -0.115. The van der Waals surface area contributed by atoms with E-state index in [9.17, 15) is 14.4 Å². The van der Waals surface area contributed by atoms with E-state index < -0.39 is 5.91 Å². The molecule has 1 unspecified atom stereocenters. The number of thiophene rings is 1. The molecule has 1 atom stereocenters. The lowest BCUT2D eigenvalue weighted by Gasteiger charge is -2.14. The van der Waals surface area contributed by atoms with Gasteiger partial charge in [-0.05, 0) is 90.3 Å². The van der Waals surface area contributed by atoms with E-state index >= 15 is 0 Å². The molecule has 4 rings (SSSR count). The predicted molar refractivity (Wildman–Crippen MR) is 156 cm³/mol. The predicted octanol–water partition coefficient (Wildman–Crippen LogP) is 6.59. The van der Waals surface area contributed by atoms with Crippen molar-refractivity contribution < 1.29 is 14.4 Å². The highest BCUT2D eigenvalue weighted by Crippen LogP contribution is 2.26. The van der Waals surface area contributed by atoms with Crippen LogP contribution < -0.4 is 16.0 Å². The van der Waals surface area contributed by atoms with Gasteiger partial charge in [0.25, 0.3) is 11.8 Å². The first-order chi connectivity index (χ1) is 18.4. The van der Waals surface area contributed by atoms with E-state index in [1.165, 1.54) is 23.1 Å². The Balaban J connectivity index is 1.40. The van der Waals surface area contributed by atoms with Crippen LogP contribution in [-0.4, -0.2) is 23.0 Å². The molecule has 3 N–H and O–H groups in total. The fourth-order valence-electron chi connectivity index (χ4n) is 3.49. The van der Waals surface area contributed by atoms with Gasteiger partial charge in [0.05, 0.1) is 5.25 Å². The number of thioether (sulfide) groups is 1. The summed E-state index contributed by atoms with van der Waals surface area (Å²) in [6.07, 6.45) is 1.64. The number of amides is 3. The fourth-order valence-corrected chi connectivity index (χ4v) is 4.97.